The fourth-order valence-electron chi connectivity index (χ4n) is 7.26. The van der Waals surface area contributed by atoms with E-state index >= 15 is 0 Å². The van der Waals surface area contributed by atoms with Gasteiger partial charge in [-0.25, -0.2) is 39.1 Å². The van der Waals surface area contributed by atoms with Gasteiger partial charge in [-0.2, -0.15) is 0 Å². The van der Waals surface area contributed by atoms with Crippen molar-refractivity contribution in [3.8, 4) is 22.8 Å². The minimum Gasteiger partial charge on any atom is -0.478 e. The lowest BCUT2D eigenvalue weighted by molar-refractivity contribution is 0.0592. The highest BCUT2D eigenvalue weighted by Gasteiger charge is 2.24. The Kier molecular flexibility index (Phi) is 16.8. The lowest BCUT2D eigenvalue weighted by Crippen LogP contribution is -2.33. The number of aromatic carboxylic acids is 1. The minimum atomic E-state index is -0.999. The largest absolute Gasteiger partial charge is 0.478 e. The molecule has 19 nitrogen and oxygen atoms in total. The van der Waals surface area contributed by atoms with Crippen LogP contribution in [0.3, 0.4) is 0 Å². The van der Waals surface area contributed by atoms with E-state index in [0.717, 1.165) is 38.9 Å². The van der Waals surface area contributed by atoms with Crippen molar-refractivity contribution in [3.05, 3.63) is 198 Å². The quantitative estimate of drug-likeness (QED) is 0.0561. The summed E-state index contributed by atoms with van der Waals surface area (Å²) in [6.45, 7) is 1.00. The van der Waals surface area contributed by atoms with Gasteiger partial charge in [0.05, 0.1) is 66.0 Å². The second kappa shape index (κ2) is 24.1. The van der Waals surface area contributed by atoms with Crippen molar-refractivity contribution in [2.45, 2.75) is 19.3 Å². The van der Waals surface area contributed by atoms with Crippen LogP contribution in [0.15, 0.2) is 159 Å². The number of carbonyl (C=O) groups is 4. The first-order chi connectivity index (χ1) is 35.0. The third-order valence-electron chi connectivity index (χ3n) is 10.9. The Morgan fingerprint density at radius 1 is 0.597 bits per heavy atom. The molecule has 19 heteroatoms. The Morgan fingerprint density at radius 3 is 1.64 bits per heavy atom. The second-order valence-electron chi connectivity index (χ2n) is 15.3. The van der Waals surface area contributed by atoms with Crippen molar-refractivity contribution in [2.75, 3.05) is 32.4 Å². The van der Waals surface area contributed by atoms with Gasteiger partial charge in [0.25, 0.3) is 0 Å². The van der Waals surface area contributed by atoms with Crippen molar-refractivity contribution >= 4 is 57.1 Å². The Balaban J connectivity index is 0.000000143. The van der Waals surface area contributed by atoms with E-state index in [1.165, 1.54) is 27.4 Å². The van der Waals surface area contributed by atoms with Gasteiger partial charge in [0.15, 0.2) is 11.6 Å². The molecule has 0 saturated carbocycles. The number of aromatic nitrogens is 7. The molecular weight excluding hydrogens is 919 g/mol. The number of nitrogens with two attached hydrogens (primary N) is 2. The van der Waals surface area contributed by atoms with E-state index in [0.29, 0.717) is 63.5 Å². The van der Waals surface area contributed by atoms with Gasteiger partial charge in [-0.15, -0.1) is 0 Å². The van der Waals surface area contributed by atoms with Crippen LogP contribution >= 0.6 is 0 Å². The van der Waals surface area contributed by atoms with Crippen molar-refractivity contribution < 1.29 is 38.5 Å². The first-order valence-electron chi connectivity index (χ1n) is 21.9. The zero-order valence-electron chi connectivity index (χ0n) is 39.1. The number of benzene rings is 4. The molecular formula is C53H47N11O8. The smallest absolute Gasteiger partial charge is 0.340 e. The van der Waals surface area contributed by atoms with E-state index in [1.54, 1.807) is 104 Å². The van der Waals surface area contributed by atoms with E-state index in [4.69, 9.17) is 20.9 Å². The third-order valence-corrected chi connectivity index (χ3v) is 10.9. The molecule has 9 aromatic rings. The maximum Gasteiger partial charge on any atom is 0.340 e. The van der Waals surface area contributed by atoms with E-state index in [1.807, 2.05) is 48.5 Å². The van der Waals surface area contributed by atoms with Crippen molar-refractivity contribution in [2.24, 2.45) is 5.73 Å². The predicted octanol–water partition coefficient (Wildman–Crippen LogP) is 7.46. The number of hydrogen-bond acceptors (Lipinski definition) is 18. The summed E-state index contributed by atoms with van der Waals surface area (Å²) in [4.78, 5) is 75.5. The number of nitrogen functional groups attached to an aromatic ring is 1. The second-order valence-corrected chi connectivity index (χ2v) is 15.3. The normalized spacial score (nSPS) is 12.1. The van der Waals surface area contributed by atoms with Crippen molar-refractivity contribution in [1.82, 2.24) is 40.2 Å². The minimum absolute atomic E-state index is 0.0676. The molecule has 0 fully saturated rings. The maximum absolute atomic E-state index is 11.8. The summed E-state index contributed by atoms with van der Waals surface area (Å²) in [6.07, 6.45) is 13.5. The lowest BCUT2D eigenvalue weighted by Gasteiger charge is -2.29. The first kappa shape index (κ1) is 50.3. The van der Waals surface area contributed by atoms with Crippen LogP contribution in [0.5, 0.6) is 0 Å². The summed E-state index contributed by atoms with van der Waals surface area (Å²) in [5.74, 6) is -1.18. The Labute approximate surface area is 412 Å². The highest BCUT2D eigenvalue weighted by Crippen LogP contribution is 2.30. The van der Waals surface area contributed by atoms with Crippen LogP contribution in [-0.2, 0) is 27.3 Å². The van der Waals surface area contributed by atoms with E-state index < -0.39 is 17.9 Å². The molecule has 1 aliphatic rings. The van der Waals surface area contributed by atoms with Gasteiger partial charge in [-0.1, -0.05) is 54.6 Å². The van der Waals surface area contributed by atoms with Gasteiger partial charge in [0.2, 0.25) is 0 Å². The van der Waals surface area contributed by atoms with Crippen LogP contribution in [0.25, 0.3) is 44.6 Å². The number of rotatable bonds is 8. The van der Waals surface area contributed by atoms with E-state index in [-0.39, 0.29) is 17.7 Å². The Bertz CT molecular complexity index is 3350. The number of pyridine rings is 3. The molecule has 0 radical (unpaired) electrons. The number of carboxylic acid groups (broad SMARTS) is 1. The number of hydrogen-bond donors (Lipinski definition) is 5. The number of fused-ring (bicyclic) bond motifs is 3. The fraction of sp³-hybridized carbons (Fsp3) is 0.113. The Morgan fingerprint density at radius 2 is 1.10 bits per heavy atom. The van der Waals surface area contributed by atoms with Crippen LogP contribution in [0.1, 0.15) is 64.3 Å². The molecule has 0 spiro atoms. The standard InChI is InChI=1S/C15H15N3O2.C15H11N3O2.C14H9N3O2.C9H12N2O2/c2*1-20-15(19)12-6-2-4-10-9-17-14(18-13(10)12)11-5-3-7-16-8-11;18-14(19)11-5-1-3-9-8-16-13(17-12(9)11)10-4-2-6-15-7-10;1-13-9(12)7-4-2-3-6(5-10)8(7)11/h2-8,14,17-18H,9H2,1H3;2-9H,1H3;1-8H,(H,18,19);2-4H,5,10-11H2,1H3. The molecule has 0 saturated heterocycles. The molecule has 6 heterocycles. The molecule has 0 aliphatic carbocycles. The molecule has 4 aromatic carbocycles. The summed E-state index contributed by atoms with van der Waals surface area (Å²) < 4.78 is 14.2. The molecule has 10 rings (SSSR count). The van der Waals surface area contributed by atoms with Gasteiger partial charge in [-0.3, -0.25) is 20.3 Å². The molecule has 0 amide bonds. The molecule has 7 N–H and O–H groups in total. The number of anilines is 2. The SMILES string of the molecule is COC(=O)c1cccc(CN)c1N.COC(=O)c1cccc2c1NC(c1cccnc1)NC2.COC(=O)c1cccc2cnc(-c3cccnc3)nc12.O=C(O)c1cccc2cnc(-c3cccnc3)nc12. The predicted molar refractivity (Wildman–Crippen MR) is 269 cm³/mol. The number of methoxy groups -OCH3 is 3. The van der Waals surface area contributed by atoms with Crippen LogP contribution in [0, 0.1) is 0 Å². The number of nitrogens with zero attached hydrogens (tertiary/aromatic N) is 7. The summed E-state index contributed by atoms with van der Waals surface area (Å²) >= 11 is 0. The summed E-state index contributed by atoms with van der Waals surface area (Å²) in [6, 6.07) is 32.2. The summed E-state index contributed by atoms with van der Waals surface area (Å²) in [7, 11) is 4.06. The van der Waals surface area contributed by atoms with Crippen LogP contribution in [-0.4, -0.2) is 85.2 Å². The molecule has 0 bridgehead atoms. The van der Waals surface area contributed by atoms with Gasteiger partial charge in [-0.05, 0) is 65.7 Å². The van der Waals surface area contributed by atoms with Gasteiger partial charge >= 0.3 is 23.9 Å². The summed E-state index contributed by atoms with van der Waals surface area (Å²) in [5, 5.41) is 17.4. The van der Waals surface area contributed by atoms with E-state index in [9.17, 15) is 24.3 Å². The number of carboxylic acids is 1. The molecule has 1 unspecified atom stereocenters. The number of para-hydroxylation sites is 4. The van der Waals surface area contributed by atoms with Gasteiger partial charge < -0.3 is 36.1 Å². The van der Waals surface area contributed by atoms with Crippen molar-refractivity contribution in [3.63, 3.8) is 0 Å². The fourth-order valence-corrected chi connectivity index (χ4v) is 7.26. The zero-order chi connectivity index (χ0) is 51.0. The molecule has 1 atom stereocenters. The monoisotopic (exact) mass is 965 g/mol. The van der Waals surface area contributed by atoms with Crippen LogP contribution in [0.4, 0.5) is 11.4 Å². The first-order valence-corrected chi connectivity index (χ1v) is 21.9. The van der Waals surface area contributed by atoms with Crippen molar-refractivity contribution in [1.29, 1.82) is 0 Å². The van der Waals surface area contributed by atoms with Gasteiger partial charge in [0.1, 0.15) is 6.17 Å². The molecule has 1 aliphatic heterocycles. The summed E-state index contributed by atoms with van der Waals surface area (Å²) in [5.41, 5.74) is 19.3. The lowest BCUT2D eigenvalue weighted by atomic mass is 10.0. The molecule has 362 valence electrons. The maximum atomic E-state index is 11.8. The van der Waals surface area contributed by atoms with Crippen LogP contribution in [0.2, 0.25) is 0 Å². The number of ether oxygens (including phenoxy) is 3. The zero-order valence-corrected chi connectivity index (χ0v) is 39.1. The Hall–Kier alpha value is -9.59. The average molecular weight is 966 g/mol. The molecule has 72 heavy (non-hydrogen) atoms. The number of nitrogens with one attached hydrogen (secondary N) is 2. The third kappa shape index (κ3) is 12.0. The average Bonchev–Trinajstić information content (AvgIpc) is 3.44. The topological polar surface area (TPSA) is 283 Å². The number of esters is 3. The highest BCUT2D eigenvalue weighted by atomic mass is 16.5. The highest BCUT2D eigenvalue weighted by molar-refractivity contribution is 6.03. The number of carbonyl (C=O) groups excluding carboxylic acids is 3. The van der Waals surface area contributed by atoms with Crippen LogP contribution < -0.4 is 22.1 Å². The molecule has 5 aromatic heterocycles. The van der Waals surface area contributed by atoms with E-state index in [2.05, 4.69) is 50.3 Å². The van der Waals surface area contributed by atoms with Gasteiger partial charge in [0, 0.05) is 90.1 Å².